The Balaban J connectivity index is 1.59. The van der Waals surface area contributed by atoms with Crippen molar-refractivity contribution in [1.29, 1.82) is 0 Å². The molecule has 0 amide bonds. The summed E-state index contributed by atoms with van der Waals surface area (Å²) >= 11 is 1.07. The van der Waals surface area contributed by atoms with Gasteiger partial charge in [-0.25, -0.2) is 13.2 Å². The molecular formula is C22H18F4OS. The summed E-state index contributed by atoms with van der Waals surface area (Å²) in [6, 6.07) is 8.98. The third-order valence-corrected chi connectivity index (χ3v) is 6.09. The standard InChI is InChI=1S/C22H18F4OS/c1-12-2-5-14(20(24)19(12)23)17-8-9-18(28-17)15-6-7-16(22(26)21(15)25)27-11-10-13-3-4-13/h2,5-9,13H,3-4,10-11H2,1H3. The molecule has 1 aliphatic rings. The smallest absolute Gasteiger partial charge is 0.201 e. The van der Waals surface area contributed by atoms with E-state index in [9.17, 15) is 17.6 Å². The van der Waals surface area contributed by atoms with E-state index in [4.69, 9.17) is 4.74 Å². The van der Waals surface area contributed by atoms with Crippen molar-refractivity contribution in [2.24, 2.45) is 5.92 Å². The van der Waals surface area contributed by atoms with Crippen LogP contribution in [0.15, 0.2) is 36.4 Å². The minimum Gasteiger partial charge on any atom is -0.490 e. The monoisotopic (exact) mass is 406 g/mol. The van der Waals surface area contributed by atoms with Crippen LogP contribution in [0.1, 0.15) is 24.8 Å². The van der Waals surface area contributed by atoms with E-state index < -0.39 is 23.3 Å². The van der Waals surface area contributed by atoms with Gasteiger partial charge in [-0.15, -0.1) is 11.3 Å². The van der Waals surface area contributed by atoms with E-state index in [1.54, 1.807) is 12.1 Å². The summed E-state index contributed by atoms with van der Waals surface area (Å²) < 4.78 is 62.4. The van der Waals surface area contributed by atoms with Gasteiger partial charge in [0.05, 0.1) is 6.61 Å². The Labute approximate surface area is 164 Å². The van der Waals surface area contributed by atoms with Gasteiger partial charge in [0.1, 0.15) is 0 Å². The van der Waals surface area contributed by atoms with Gasteiger partial charge in [0.2, 0.25) is 5.82 Å². The molecule has 3 aromatic rings. The number of hydrogen-bond donors (Lipinski definition) is 0. The highest BCUT2D eigenvalue weighted by Gasteiger charge is 2.22. The third kappa shape index (κ3) is 3.65. The molecular weight excluding hydrogens is 388 g/mol. The van der Waals surface area contributed by atoms with Gasteiger partial charge in [-0.05, 0) is 49.1 Å². The Kier molecular flexibility index (Phi) is 5.15. The van der Waals surface area contributed by atoms with E-state index in [2.05, 4.69) is 0 Å². The Bertz CT molecular complexity index is 1020. The average molecular weight is 406 g/mol. The lowest BCUT2D eigenvalue weighted by atomic mass is 10.1. The van der Waals surface area contributed by atoms with E-state index in [-0.39, 0.29) is 22.4 Å². The molecule has 0 atom stereocenters. The van der Waals surface area contributed by atoms with Crippen LogP contribution >= 0.6 is 11.3 Å². The van der Waals surface area contributed by atoms with Crippen LogP contribution in [0, 0.1) is 36.1 Å². The fourth-order valence-corrected chi connectivity index (χ4v) is 4.08. The Hall–Kier alpha value is -2.34. The first-order valence-corrected chi connectivity index (χ1v) is 9.93. The van der Waals surface area contributed by atoms with Gasteiger partial charge in [-0.3, -0.25) is 0 Å². The predicted molar refractivity (Wildman–Crippen MR) is 103 cm³/mol. The number of hydrogen-bond acceptors (Lipinski definition) is 2. The zero-order chi connectivity index (χ0) is 19.8. The van der Waals surface area contributed by atoms with E-state index in [1.165, 1.54) is 44.0 Å². The fraction of sp³-hybridized carbons (Fsp3) is 0.273. The zero-order valence-corrected chi connectivity index (χ0v) is 16.0. The maximum Gasteiger partial charge on any atom is 0.201 e. The molecule has 0 radical (unpaired) electrons. The van der Waals surface area contributed by atoms with Gasteiger partial charge >= 0.3 is 0 Å². The molecule has 1 aromatic heterocycles. The number of ether oxygens (including phenoxy) is 1. The summed E-state index contributed by atoms with van der Waals surface area (Å²) in [4.78, 5) is 0.868. The first kappa shape index (κ1) is 19.0. The first-order valence-electron chi connectivity index (χ1n) is 9.11. The van der Waals surface area contributed by atoms with Crippen LogP contribution in [-0.4, -0.2) is 6.61 Å². The number of benzene rings is 2. The summed E-state index contributed by atoms with van der Waals surface area (Å²) in [5.41, 5.74) is 0.375. The SMILES string of the molecule is Cc1ccc(-c2ccc(-c3ccc(OCCC4CC4)c(F)c3F)s2)c(F)c1F. The number of thiophene rings is 1. The van der Waals surface area contributed by atoms with Crippen molar-refractivity contribution >= 4 is 11.3 Å². The normalized spacial score (nSPS) is 13.8. The van der Waals surface area contributed by atoms with Crippen LogP contribution < -0.4 is 4.74 Å². The largest absolute Gasteiger partial charge is 0.490 e. The molecule has 6 heteroatoms. The lowest BCUT2D eigenvalue weighted by molar-refractivity contribution is 0.283. The molecule has 0 aliphatic heterocycles. The second-order valence-corrected chi connectivity index (χ2v) is 8.13. The van der Waals surface area contributed by atoms with Gasteiger partial charge in [0, 0.05) is 20.9 Å². The molecule has 1 saturated carbocycles. The molecule has 4 rings (SSSR count). The second kappa shape index (κ2) is 7.59. The molecule has 2 aromatic carbocycles. The molecule has 28 heavy (non-hydrogen) atoms. The maximum absolute atomic E-state index is 14.6. The highest BCUT2D eigenvalue weighted by molar-refractivity contribution is 7.18. The second-order valence-electron chi connectivity index (χ2n) is 7.04. The molecule has 0 spiro atoms. The minimum atomic E-state index is -1.03. The van der Waals surface area contributed by atoms with Gasteiger partial charge < -0.3 is 4.74 Å². The Morgan fingerprint density at radius 2 is 1.43 bits per heavy atom. The van der Waals surface area contributed by atoms with Crippen LogP contribution in [0.5, 0.6) is 5.75 Å². The number of halogens is 4. The van der Waals surface area contributed by atoms with E-state index in [0.717, 1.165) is 17.8 Å². The number of rotatable bonds is 6. The van der Waals surface area contributed by atoms with Gasteiger partial charge in [-0.2, -0.15) is 4.39 Å². The van der Waals surface area contributed by atoms with Crippen molar-refractivity contribution in [3.05, 3.63) is 65.2 Å². The van der Waals surface area contributed by atoms with Gasteiger partial charge in [0.15, 0.2) is 23.2 Å². The van der Waals surface area contributed by atoms with Crippen molar-refractivity contribution in [2.75, 3.05) is 6.61 Å². The molecule has 1 aliphatic carbocycles. The molecule has 146 valence electrons. The van der Waals surface area contributed by atoms with E-state index >= 15 is 0 Å². The summed E-state index contributed by atoms with van der Waals surface area (Å²) in [5.74, 6) is -3.35. The molecule has 1 heterocycles. The van der Waals surface area contributed by atoms with Crippen LogP contribution in [0.25, 0.3) is 20.9 Å². The van der Waals surface area contributed by atoms with Crippen molar-refractivity contribution in [1.82, 2.24) is 0 Å². The van der Waals surface area contributed by atoms with Gasteiger partial charge in [-0.1, -0.05) is 25.0 Å². The van der Waals surface area contributed by atoms with Crippen LogP contribution in [-0.2, 0) is 0 Å². The van der Waals surface area contributed by atoms with Crippen molar-refractivity contribution in [3.8, 4) is 26.6 Å². The molecule has 0 N–H and O–H groups in total. The highest BCUT2D eigenvalue weighted by atomic mass is 32.1. The van der Waals surface area contributed by atoms with Crippen LogP contribution in [0.2, 0.25) is 0 Å². The molecule has 1 nitrogen and oxygen atoms in total. The fourth-order valence-electron chi connectivity index (χ4n) is 3.04. The van der Waals surface area contributed by atoms with Crippen LogP contribution in [0.3, 0.4) is 0 Å². The number of aryl methyl sites for hydroxylation is 1. The highest BCUT2D eigenvalue weighted by Crippen LogP contribution is 2.39. The topological polar surface area (TPSA) is 9.23 Å². The predicted octanol–water partition coefficient (Wildman–Crippen LogP) is 7.13. The van der Waals surface area contributed by atoms with Gasteiger partial charge in [0.25, 0.3) is 0 Å². The van der Waals surface area contributed by atoms with Crippen molar-refractivity contribution in [3.63, 3.8) is 0 Å². The van der Waals surface area contributed by atoms with E-state index in [1.807, 2.05) is 0 Å². The molecule has 0 bridgehead atoms. The maximum atomic E-state index is 14.6. The summed E-state index contributed by atoms with van der Waals surface area (Å²) in [6.45, 7) is 1.84. The summed E-state index contributed by atoms with van der Waals surface area (Å²) in [5, 5.41) is 0. The summed E-state index contributed by atoms with van der Waals surface area (Å²) in [6.07, 6.45) is 3.19. The summed E-state index contributed by atoms with van der Waals surface area (Å²) in [7, 11) is 0. The molecule has 0 saturated heterocycles. The third-order valence-electron chi connectivity index (χ3n) is 4.94. The van der Waals surface area contributed by atoms with Crippen LogP contribution in [0.4, 0.5) is 17.6 Å². The lowest BCUT2D eigenvalue weighted by Gasteiger charge is -2.09. The van der Waals surface area contributed by atoms with Crippen molar-refractivity contribution in [2.45, 2.75) is 26.2 Å². The quantitative estimate of drug-likeness (QED) is 0.396. The Morgan fingerprint density at radius 3 is 2.07 bits per heavy atom. The Morgan fingerprint density at radius 1 is 0.821 bits per heavy atom. The molecule has 1 fully saturated rings. The first-order chi connectivity index (χ1) is 13.5. The molecule has 0 unspecified atom stereocenters. The van der Waals surface area contributed by atoms with Crippen molar-refractivity contribution < 1.29 is 22.3 Å². The van der Waals surface area contributed by atoms with E-state index in [0.29, 0.717) is 22.3 Å². The average Bonchev–Trinajstić information content (AvgIpc) is 3.38. The zero-order valence-electron chi connectivity index (χ0n) is 15.2. The minimum absolute atomic E-state index is 0.0660. The lowest BCUT2D eigenvalue weighted by Crippen LogP contribution is -2.02.